The molecule has 2 N–H and O–H groups in total. The molecule has 1 aliphatic heterocycles. The second-order valence-electron chi connectivity index (χ2n) is 7.43. The lowest BCUT2D eigenvalue weighted by molar-refractivity contribution is -0.133. The minimum Gasteiger partial charge on any atom is -0.488 e. The molecule has 170 valence electrons. The molecule has 0 saturated heterocycles. The van der Waals surface area contributed by atoms with E-state index in [1.807, 2.05) is 6.07 Å². The topological polar surface area (TPSA) is 55.6 Å². The minimum atomic E-state index is -4.43. The van der Waals surface area contributed by atoms with Crippen LogP contribution in [0.2, 0.25) is 0 Å². The first-order valence-corrected chi connectivity index (χ1v) is 10.6. The highest BCUT2D eigenvalue weighted by Gasteiger charge is 2.36. The highest BCUT2D eigenvalue weighted by molar-refractivity contribution is 7.12. The Labute approximate surface area is 194 Å². The summed E-state index contributed by atoms with van der Waals surface area (Å²) in [6, 6.07) is 14.8. The zero-order chi connectivity index (χ0) is 22.2. The second kappa shape index (κ2) is 9.52. The normalized spacial score (nSPS) is 14.0. The number of nitrogens with zero attached hydrogens (tertiary/aromatic N) is 1. The maximum Gasteiger partial charge on any atom is 0.426 e. The second-order valence-corrected chi connectivity index (χ2v) is 8.56. The molecule has 0 spiro atoms. The van der Waals surface area contributed by atoms with E-state index in [2.05, 4.69) is 0 Å². The fourth-order valence-electron chi connectivity index (χ4n) is 3.65. The fourth-order valence-corrected chi connectivity index (χ4v) is 4.61. The molecule has 4 rings (SSSR count). The van der Waals surface area contributed by atoms with Gasteiger partial charge in [0.05, 0.1) is 6.04 Å². The number of hydrogen-bond acceptors (Lipinski definition) is 4. The van der Waals surface area contributed by atoms with Gasteiger partial charge in [-0.25, -0.2) is 0 Å². The number of carbonyl (C=O) groups excluding carboxylic acids is 1. The van der Waals surface area contributed by atoms with E-state index in [0.717, 1.165) is 11.3 Å². The average Bonchev–Trinajstić information content (AvgIpc) is 3.36. The van der Waals surface area contributed by atoms with Gasteiger partial charge in [0.1, 0.15) is 17.2 Å². The molecule has 1 amide bonds. The molecular formula is C23H22ClF3N2O2S. The summed E-state index contributed by atoms with van der Waals surface area (Å²) in [5, 5.41) is 0. The number of thiophene rings is 1. The molecule has 9 heteroatoms. The number of ether oxygens (including phenoxy) is 1. The molecule has 0 aliphatic carbocycles. The lowest BCUT2D eigenvalue weighted by atomic mass is 10.1. The van der Waals surface area contributed by atoms with E-state index in [0.29, 0.717) is 40.5 Å². The molecule has 0 unspecified atom stereocenters. The molecule has 0 radical (unpaired) electrons. The van der Waals surface area contributed by atoms with E-state index in [-0.39, 0.29) is 30.5 Å². The summed E-state index contributed by atoms with van der Waals surface area (Å²) in [7, 11) is 0. The Hall–Kier alpha value is -2.55. The van der Waals surface area contributed by atoms with Crippen molar-refractivity contribution in [3.05, 3.63) is 69.9 Å². The predicted molar refractivity (Wildman–Crippen MR) is 122 cm³/mol. The Balaban J connectivity index is 0.00000289. The quantitative estimate of drug-likeness (QED) is 0.509. The van der Waals surface area contributed by atoms with Gasteiger partial charge in [-0.2, -0.15) is 13.2 Å². The van der Waals surface area contributed by atoms with Gasteiger partial charge in [0.2, 0.25) is 5.91 Å². The van der Waals surface area contributed by atoms with Crippen LogP contribution in [0.15, 0.2) is 54.6 Å². The molecule has 0 fully saturated rings. The summed E-state index contributed by atoms with van der Waals surface area (Å²) in [4.78, 5) is 13.7. The summed E-state index contributed by atoms with van der Waals surface area (Å²) in [5.74, 6) is 0.413. The van der Waals surface area contributed by atoms with Crippen LogP contribution in [0.4, 0.5) is 18.9 Å². The van der Waals surface area contributed by atoms with E-state index < -0.39 is 17.1 Å². The van der Waals surface area contributed by atoms with Gasteiger partial charge in [0, 0.05) is 22.7 Å². The summed E-state index contributed by atoms with van der Waals surface area (Å²) in [6.45, 7) is 2.24. The molecule has 0 saturated carbocycles. The predicted octanol–water partition coefficient (Wildman–Crippen LogP) is 5.67. The summed E-state index contributed by atoms with van der Waals surface area (Å²) >= 11 is 0.697. The van der Waals surface area contributed by atoms with Crippen molar-refractivity contribution >= 4 is 35.3 Å². The van der Waals surface area contributed by atoms with Crippen molar-refractivity contribution in [2.24, 2.45) is 5.73 Å². The van der Waals surface area contributed by atoms with Crippen LogP contribution >= 0.6 is 23.7 Å². The van der Waals surface area contributed by atoms with Crippen molar-refractivity contribution in [1.29, 1.82) is 0 Å². The fraction of sp³-hybridized carbons (Fsp3) is 0.261. The van der Waals surface area contributed by atoms with E-state index in [1.54, 1.807) is 60.4 Å². The maximum atomic E-state index is 13.5. The van der Waals surface area contributed by atoms with Gasteiger partial charge in [0.25, 0.3) is 0 Å². The number of amides is 1. The van der Waals surface area contributed by atoms with Crippen LogP contribution in [-0.2, 0) is 24.0 Å². The summed E-state index contributed by atoms with van der Waals surface area (Å²) < 4.78 is 46.4. The lowest BCUT2D eigenvalue weighted by Crippen LogP contribution is -2.41. The van der Waals surface area contributed by atoms with E-state index in [4.69, 9.17) is 10.5 Å². The molecular weight excluding hydrogens is 461 g/mol. The summed E-state index contributed by atoms with van der Waals surface area (Å²) in [6.07, 6.45) is -3.75. The van der Waals surface area contributed by atoms with E-state index in [9.17, 15) is 18.0 Å². The van der Waals surface area contributed by atoms with Gasteiger partial charge in [-0.1, -0.05) is 30.3 Å². The van der Waals surface area contributed by atoms with Crippen LogP contribution in [0.5, 0.6) is 5.75 Å². The molecule has 2 heterocycles. The number of rotatable bonds is 5. The van der Waals surface area contributed by atoms with Crippen molar-refractivity contribution < 1.29 is 22.7 Å². The van der Waals surface area contributed by atoms with Crippen molar-refractivity contribution in [3.8, 4) is 16.9 Å². The Morgan fingerprint density at radius 3 is 2.56 bits per heavy atom. The van der Waals surface area contributed by atoms with Gasteiger partial charge < -0.3 is 15.4 Å². The molecule has 2 aromatic carbocycles. The molecule has 32 heavy (non-hydrogen) atoms. The van der Waals surface area contributed by atoms with Crippen molar-refractivity contribution in [2.75, 3.05) is 11.4 Å². The number of carbonyl (C=O) groups is 1. The van der Waals surface area contributed by atoms with Crippen LogP contribution in [0, 0.1) is 0 Å². The summed E-state index contributed by atoms with van der Waals surface area (Å²) in [5.41, 5.74) is 8.15. The number of nitrogens with two attached hydrogens (primary N) is 1. The van der Waals surface area contributed by atoms with Crippen LogP contribution in [0.3, 0.4) is 0 Å². The maximum absolute atomic E-state index is 13.5. The molecule has 4 nitrogen and oxygen atoms in total. The first-order chi connectivity index (χ1) is 14.7. The SMILES string of the molecule is C[C@H](N)C(=O)N1CCc2cc(OCc3cc(-c4ccccc4)c(C(F)(F)F)s3)ccc21.Cl. The molecule has 3 aromatic rings. The minimum absolute atomic E-state index is 0. The third-order valence-electron chi connectivity index (χ3n) is 5.11. The van der Waals surface area contributed by atoms with E-state index in [1.165, 1.54) is 0 Å². The van der Waals surface area contributed by atoms with E-state index >= 15 is 0 Å². The Bertz CT molecular complexity index is 1100. The average molecular weight is 483 g/mol. The van der Waals surface area contributed by atoms with Gasteiger partial charge in [-0.15, -0.1) is 23.7 Å². The van der Waals surface area contributed by atoms with Gasteiger partial charge in [-0.05, 0) is 48.7 Å². The van der Waals surface area contributed by atoms with Crippen LogP contribution in [0.1, 0.15) is 22.2 Å². The largest absolute Gasteiger partial charge is 0.488 e. The number of halogens is 4. The first kappa shape index (κ1) is 24.1. The highest BCUT2D eigenvalue weighted by atomic mass is 35.5. The third kappa shape index (κ3) is 4.92. The monoisotopic (exact) mass is 482 g/mol. The third-order valence-corrected chi connectivity index (χ3v) is 6.26. The molecule has 1 atom stereocenters. The van der Waals surface area contributed by atoms with Gasteiger partial charge >= 0.3 is 6.18 Å². The highest BCUT2D eigenvalue weighted by Crippen LogP contribution is 2.43. The van der Waals surface area contributed by atoms with Crippen molar-refractivity contribution in [2.45, 2.75) is 32.2 Å². The van der Waals surface area contributed by atoms with Gasteiger partial charge in [0.15, 0.2) is 0 Å². The smallest absolute Gasteiger partial charge is 0.426 e. The van der Waals surface area contributed by atoms with Crippen molar-refractivity contribution in [1.82, 2.24) is 0 Å². The Kier molecular flexibility index (Phi) is 7.17. The zero-order valence-electron chi connectivity index (χ0n) is 17.2. The van der Waals surface area contributed by atoms with Gasteiger partial charge in [-0.3, -0.25) is 4.79 Å². The standard InChI is InChI=1S/C23H21F3N2O2S.ClH/c1-14(27)22(29)28-10-9-16-11-17(7-8-20(16)28)30-13-18-12-19(15-5-3-2-4-6-15)21(31-18)23(24,25)26;/h2-8,11-12,14H,9-10,13,27H2,1H3;1H/t14-;/m0./s1. The zero-order valence-corrected chi connectivity index (χ0v) is 18.8. The number of fused-ring (bicyclic) bond motifs is 1. The van der Waals surface area contributed by atoms with Crippen LogP contribution in [-0.4, -0.2) is 18.5 Å². The van der Waals surface area contributed by atoms with Crippen LogP contribution < -0.4 is 15.4 Å². The molecule has 0 bridgehead atoms. The number of hydrogen-bond donors (Lipinski definition) is 1. The lowest BCUT2D eigenvalue weighted by Gasteiger charge is -2.19. The Morgan fingerprint density at radius 1 is 1.19 bits per heavy atom. The first-order valence-electron chi connectivity index (χ1n) is 9.82. The number of alkyl halides is 3. The van der Waals surface area contributed by atoms with Crippen molar-refractivity contribution in [3.63, 3.8) is 0 Å². The number of benzene rings is 2. The molecule has 1 aromatic heterocycles. The number of anilines is 1. The Morgan fingerprint density at radius 2 is 1.91 bits per heavy atom. The molecule has 1 aliphatic rings. The van der Waals surface area contributed by atoms with Crippen LogP contribution in [0.25, 0.3) is 11.1 Å².